The molecule has 2 N–H and O–H groups in total. The third-order valence-corrected chi connectivity index (χ3v) is 5.52. The lowest BCUT2D eigenvalue weighted by Crippen LogP contribution is -2.38. The lowest BCUT2D eigenvalue weighted by atomic mass is 9.83. The quantitative estimate of drug-likeness (QED) is 0.655. The van der Waals surface area contributed by atoms with E-state index in [0.29, 0.717) is 29.3 Å². The summed E-state index contributed by atoms with van der Waals surface area (Å²) in [4.78, 5) is 28.9. The molecule has 1 fully saturated rings. The highest BCUT2D eigenvalue weighted by Crippen LogP contribution is 2.31. The number of amides is 1. The highest BCUT2D eigenvalue weighted by molar-refractivity contribution is 6.03. The van der Waals surface area contributed by atoms with Gasteiger partial charge in [0.15, 0.2) is 5.69 Å². The number of halogens is 2. The Kier molecular flexibility index (Phi) is 5.29. The standard InChI is InChI=1S/C20H24F2N6O/c1-20(21,22)8-6-13-2-4-14(5-3-13)25-18(29)17-16-15(7-9-24-16)26-19(27-17)28-11-10-23-12-28/h7,9-14,24H,2-6,8H2,1H3,(H,25,29). The Labute approximate surface area is 167 Å². The van der Waals surface area contributed by atoms with Crippen molar-refractivity contribution in [3.63, 3.8) is 0 Å². The fraction of sp³-hybridized carbons (Fsp3) is 0.500. The van der Waals surface area contributed by atoms with Gasteiger partial charge in [0.05, 0.1) is 11.0 Å². The van der Waals surface area contributed by atoms with Crippen molar-refractivity contribution in [3.05, 3.63) is 36.7 Å². The molecule has 29 heavy (non-hydrogen) atoms. The van der Waals surface area contributed by atoms with Crippen molar-refractivity contribution in [2.75, 3.05) is 0 Å². The molecule has 0 aliphatic heterocycles. The van der Waals surface area contributed by atoms with Gasteiger partial charge >= 0.3 is 0 Å². The van der Waals surface area contributed by atoms with Crippen LogP contribution in [0.25, 0.3) is 17.0 Å². The van der Waals surface area contributed by atoms with Crippen LogP contribution in [0.1, 0.15) is 55.9 Å². The summed E-state index contributed by atoms with van der Waals surface area (Å²) in [5, 5.41) is 3.06. The van der Waals surface area contributed by atoms with Gasteiger partial charge in [-0.2, -0.15) is 0 Å². The highest BCUT2D eigenvalue weighted by atomic mass is 19.3. The van der Waals surface area contributed by atoms with E-state index in [4.69, 9.17) is 0 Å². The van der Waals surface area contributed by atoms with Crippen molar-refractivity contribution < 1.29 is 13.6 Å². The zero-order valence-corrected chi connectivity index (χ0v) is 16.2. The van der Waals surface area contributed by atoms with Gasteiger partial charge < -0.3 is 10.3 Å². The summed E-state index contributed by atoms with van der Waals surface area (Å²) in [6.45, 7) is 0.972. The van der Waals surface area contributed by atoms with E-state index in [1.807, 2.05) is 0 Å². The molecule has 1 amide bonds. The predicted molar refractivity (Wildman–Crippen MR) is 104 cm³/mol. The van der Waals surface area contributed by atoms with E-state index in [9.17, 15) is 13.6 Å². The van der Waals surface area contributed by atoms with Crippen LogP contribution in [0.15, 0.2) is 31.0 Å². The number of carbonyl (C=O) groups is 1. The van der Waals surface area contributed by atoms with E-state index in [1.165, 1.54) is 0 Å². The highest BCUT2D eigenvalue weighted by Gasteiger charge is 2.28. The van der Waals surface area contributed by atoms with Crippen molar-refractivity contribution >= 4 is 16.9 Å². The number of imidazole rings is 1. The Morgan fingerprint density at radius 2 is 2.10 bits per heavy atom. The first-order chi connectivity index (χ1) is 13.9. The average Bonchev–Trinajstić information content (AvgIpc) is 3.37. The molecule has 4 rings (SSSR count). The van der Waals surface area contributed by atoms with Crippen LogP contribution >= 0.6 is 0 Å². The van der Waals surface area contributed by atoms with Crippen molar-refractivity contribution in [2.45, 2.75) is 57.4 Å². The fourth-order valence-corrected chi connectivity index (χ4v) is 3.90. The number of aromatic amines is 1. The third kappa shape index (κ3) is 4.60. The molecule has 1 aliphatic carbocycles. The number of alkyl halides is 2. The van der Waals surface area contributed by atoms with E-state index in [1.54, 1.807) is 35.6 Å². The van der Waals surface area contributed by atoms with E-state index >= 15 is 0 Å². The van der Waals surface area contributed by atoms with Crippen LogP contribution < -0.4 is 5.32 Å². The number of hydrogen-bond acceptors (Lipinski definition) is 4. The summed E-state index contributed by atoms with van der Waals surface area (Å²) in [5.41, 5.74) is 1.53. The second-order valence-electron chi connectivity index (χ2n) is 7.88. The van der Waals surface area contributed by atoms with Crippen LogP contribution in [0.2, 0.25) is 0 Å². The minimum Gasteiger partial charge on any atom is -0.358 e. The van der Waals surface area contributed by atoms with Crippen molar-refractivity contribution in [1.82, 2.24) is 29.8 Å². The molecule has 1 aliphatic rings. The minimum absolute atomic E-state index is 0.0255. The van der Waals surface area contributed by atoms with Gasteiger partial charge in [-0.3, -0.25) is 9.36 Å². The van der Waals surface area contributed by atoms with Crippen molar-refractivity contribution in [2.24, 2.45) is 5.92 Å². The Hall–Kier alpha value is -2.84. The molecule has 3 aromatic heterocycles. The van der Waals surface area contributed by atoms with E-state index in [0.717, 1.165) is 32.6 Å². The number of nitrogens with one attached hydrogen (secondary N) is 2. The van der Waals surface area contributed by atoms with Gasteiger partial charge in [-0.05, 0) is 51.0 Å². The summed E-state index contributed by atoms with van der Waals surface area (Å²) in [5.74, 6) is -2.18. The van der Waals surface area contributed by atoms with Crippen molar-refractivity contribution in [3.8, 4) is 5.95 Å². The maximum atomic E-state index is 13.1. The summed E-state index contributed by atoms with van der Waals surface area (Å²) in [6.07, 6.45) is 10.4. The van der Waals surface area contributed by atoms with Crippen LogP contribution in [-0.4, -0.2) is 42.4 Å². The second-order valence-corrected chi connectivity index (χ2v) is 7.88. The minimum atomic E-state index is -2.60. The second kappa shape index (κ2) is 7.88. The number of hydrogen-bond donors (Lipinski definition) is 2. The van der Waals surface area contributed by atoms with Crippen LogP contribution in [-0.2, 0) is 0 Å². The largest absolute Gasteiger partial charge is 0.358 e. The van der Waals surface area contributed by atoms with E-state index in [-0.39, 0.29) is 24.1 Å². The Morgan fingerprint density at radius 3 is 2.79 bits per heavy atom. The smallest absolute Gasteiger partial charge is 0.272 e. The zero-order valence-electron chi connectivity index (χ0n) is 16.2. The number of H-pyrrole nitrogens is 1. The van der Waals surface area contributed by atoms with Gasteiger partial charge in [-0.15, -0.1) is 0 Å². The molecule has 0 spiro atoms. The van der Waals surface area contributed by atoms with Gasteiger partial charge in [0.1, 0.15) is 6.33 Å². The first-order valence-corrected chi connectivity index (χ1v) is 9.91. The molecule has 3 aromatic rings. The maximum Gasteiger partial charge on any atom is 0.272 e. The van der Waals surface area contributed by atoms with E-state index < -0.39 is 5.92 Å². The van der Waals surface area contributed by atoms with Gasteiger partial charge in [0.25, 0.3) is 5.91 Å². The van der Waals surface area contributed by atoms with Crippen molar-refractivity contribution in [1.29, 1.82) is 0 Å². The molecule has 1 saturated carbocycles. The Balaban J connectivity index is 1.43. The Bertz CT molecular complexity index is 971. The number of nitrogens with zero attached hydrogens (tertiary/aromatic N) is 4. The number of aromatic nitrogens is 5. The number of rotatable bonds is 6. The molecule has 0 unspecified atom stereocenters. The number of fused-ring (bicyclic) bond motifs is 1. The monoisotopic (exact) mass is 402 g/mol. The van der Waals surface area contributed by atoms with Gasteiger partial charge in [-0.25, -0.2) is 23.7 Å². The summed E-state index contributed by atoms with van der Waals surface area (Å²) in [6, 6.07) is 1.82. The lowest BCUT2D eigenvalue weighted by molar-refractivity contribution is 0.00482. The van der Waals surface area contributed by atoms with Crippen LogP contribution in [0.3, 0.4) is 0 Å². The molecule has 0 radical (unpaired) electrons. The third-order valence-electron chi connectivity index (χ3n) is 5.52. The molecule has 0 bridgehead atoms. The molecule has 3 heterocycles. The SMILES string of the molecule is CC(F)(F)CCC1CCC(NC(=O)c2nc(-n3ccnc3)nc3cc[nH]c23)CC1. The van der Waals surface area contributed by atoms with E-state index in [2.05, 4.69) is 25.3 Å². The fourth-order valence-electron chi connectivity index (χ4n) is 3.90. The normalized spacial score (nSPS) is 20.1. The molecule has 0 aromatic carbocycles. The van der Waals surface area contributed by atoms with Crippen LogP contribution in [0, 0.1) is 5.92 Å². The first kappa shape index (κ1) is 19.5. The molecular formula is C20H24F2N6O. The van der Waals surface area contributed by atoms with Crippen LogP contribution in [0.5, 0.6) is 0 Å². The zero-order chi connectivity index (χ0) is 20.4. The molecule has 0 atom stereocenters. The van der Waals surface area contributed by atoms with Crippen LogP contribution in [0.4, 0.5) is 8.78 Å². The van der Waals surface area contributed by atoms with Gasteiger partial charge in [0.2, 0.25) is 11.9 Å². The predicted octanol–water partition coefficient (Wildman–Crippen LogP) is 3.87. The molecule has 0 saturated heterocycles. The lowest BCUT2D eigenvalue weighted by Gasteiger charge is -2.29. The molecule has 154 valence electrons. The topological polar surface area (TPSA) is 88.5 Å². The summed E-state index contributed by atoms with van der Waals surface area (Å²) < 4.78 is 27.8. The van der Waals surface area contributed by atoms with Gasteiger partial charge in [-0.1, -0.05) is 0 Å². The summed E-state index contributed by atoms with van der Waals surface area (Å²) >= 11 is 0. The maximum absolute atomic E-state index is 13.1. The molecule has 9 heteroatoms. The molecular weight excluding hydrogens is 378 g/mol. The van der Waals surface area contributed by atoms with Gasteiger partial charge in [0, 0.05) is 31.1 Å². The first-order valence-electron chi connectivity index (χ1n) is 9.91. The Morgan fingerprint density at radius 1 is 1.31 bits per heavy atom. The number of carbonyl (C=O) groups excluding carboxylic acids is 1. The summed E-state index contributed by atoms with van der Waals surface area (Å²) in [7, 11) is 0. The average molecular weight is 402 g/mol. The molecule has 7 nitrogen and oxygen atoms in total.